The Bertz CT molecular complexity index is 1410. The van der Waals surface area contributed by atoms with E-state index in [2.05, 4.69) is 9.95 Å². The molecule has 1 atom stereocenters. The molecule has 0 spiro atoms. The number of para-hydroxylation sites is 1. The Balaban J connectivity index is 1.64. The van der Waals surface area contributed by atoms with Gasteiger partial charge in [0.05, 0.1) is 36.8 Å². The second-order valence-electron chi connectivity index (χ2n) is 8.40. The smallest absolute Gasteiger partial charge is 0.297 e. The second kappa shape index (κ2) is 9.48. The van der Waals surface area contributed by atoms with Gasteiger partial charge in [-0.1, -0.05) is 18.2 Å². The number of nitrogens with zero attached hydrogens (tertiary/aromatic N) is 4. The number of thiazole rings is 1. The number of methoxy groups -OCH3 is 1. The van der Waals surface area contributed by atoms with Crippen LogP contribution in [0.5, 0.6) is 5.75 Å². The maximum absolute atomic E-state index is 13.4. The van der Waals surface area contributed by atoms with E-state index >= 15 is 0 Å². The summed E-state index contributed by atoms with van der Waals surface area (Å²) in [5.41, 5.74) is 4.08. The first-order valence-electron chi connectivity index (χ1n) is 11.4. The van der Waals surface area contributed by atoms with Gasteiger partial charge in [0.1, 0.15) is 5.75 Å². The van der Waals surface area contributed by atoms with E-state index in [-0.39, 0.29) is 11.7 Å². The van der Waals surface area contributed by atoms with Crippen molar-refractivity contribution < 1.29 is 9.47 Å². The van der Waals surface area contributed by atoms with Gasteiger partial charge in [0.2, 0.25) is 0 Å². The van der Waals surface area contributed by atoms with Crippen LogP contribution in [0.2, 0.25) is 0 Å². The maximum Gasteiger partial charge on any atom is 0.297 e. The molecule has 1 fully saturated rings. The first-order valence-corrected chi connectivity index (χ1v) is 12.3. The molecular weight excluding hydrogens is 448 g/mol. The van der Waals surface area contributed by atoms with Gasteiger partial charge in [-0.05, 0) is 61.7 Å². The van der Waals surface area contributed by atoms with E-state index in [0.29, 0.717) is 12.2 Å². The molecule has 0 aliphatic carbocycles. The Hall–Kier alpha value is -3.36. The molecule has 2 aromatic carbocycles. The molecule has 0 N–H and O–H groups in total. The lowest BCUT2D eigenvalue weighted by Gasteiger charge is -2.14. The van der Waals surface area contributed by atoms with Gasteiger partial charge in [-0.15, -0.1) is 11.3 Å². The lowest BCUT2D eigenvalue weighted by atomic mass is 10.1. The number of hydrogen-bond acceptors (Lipinski definition) is 5. The standard InChI is InChI=1S/C26H28N4O3S/c1-18-24(25(31)30(28(18)2)20-8-5-4-6-9-20)27-26-29(16-22-10-7-15-33-22)23(17-34-26)19-11-13-21(32-3)14-12-19/h4-6,8-9,11-14,17,22H,7,10,15-16H2,1-3H3. The highest BCUT2D eigenvalue weighted by Gasteiger charge is 2.20. The third-order valence-electron chi connectivity index (χ3n) is 6.32. The van der Waals surface area contributed by atoms with Crippen molar-refractivity contribution in [3.8, 4) is 22.7 Å². The molecule has 0 radical (unpaired) electrons. The highest BCUT2D eigenvalue weighted by atomic mass is 32.1. The van der Waals surface area contributed by atoms with Crippen molar-refractivity contribution in [1.82, 2.24) is 13.9 Å². The van der Waals surface area contributed by atoms with Crippen LogP contribution in [-0.2, 0) is 18.3 Å². The van der Waals surface area contributed by atoms with Gasteiger partial charge in [-0.3, -0.25) is 9.48 Å². The van der Waals surface area contributed by atoms with Crippen molar-refractivity contribution in [2.24, 2.45) is 12.0 Å². The van der Waals surface area contributed by atoms with Gasteiger partial charge in [0.25, 0.3) is 5.56 Å². The number of aromatic nitrogens is 3. The van der Waals surface area contributed by atoms with E-state index in [1.54, 1.807) is 11.8 Å². The van der Waals surface area contributed by atoms with Crippen LogP contribution in [0.15, 0.2) is 69.8 Å². The summed E-state index contributed by atoms with van der Waals surface area (Å²) in [6.45, 7) is 3.42. The SMILES string of the molecule is COc1ccc(-c2csc(=Nc3c(C)n(C)n(-c4ccccc4)c3=O)n2CC2CCCO2)cc1. The van der Waals surface area contributed by atoms with Crippen LogP contribution in [0.1, 0.15) is 18.5 Å². The first kappa shape index (κ1) is 22.4. The minimum absolute atomic E-state index is 0.130. The van der Waals surface area contributed by atoms with E-state index < -0.39 is 0 Å². The van der Waals surface area contributed by atoms with Crippen LogP contribution in [-0.4, -0.2) is 33.8 Å². The van der Waals surface area contributed by atoms with Crippen molar-refractivity contribution >= 4 is 17.0 Å². The lowest BCUT2D eigenvalue weighted by molar-refractivity contribution is 0.0968. The second-order valence-corrected chi connectivity index (χ2v) is 9.24. The van der Waals surface area contributed by atoms with Crippen LogP contribution in [0, 0.1) is 6.92 Å². The third kappa shape index (κ3) is 4.15. The number of rotatable bonds is 6. The molecule has 8 heteroatoms. The quantitative estimate of drug-likeness (QED) is 0.414. The van der Waals surface area contributed by atoms with Crippen LogP contribution < -0.4 is 15.1 Å². The summed E-state index contributed by atoms with van der Waals surface area (Å²) in [4.78, 5) is 19.1. The normalized spacial score (nSPS) is 16.3. The molecule has 34 heavy (non-hydrogen) atoms. The lowest BCUT2D eigenvalue weighted by Crippen LogP contribution is -2.24. The van der Waals surface area contributed by atoms with Crippen LogP contribution in [0.25, 0.3) is 16.9 Å². The van der Waals surface area contributed by atoms with E-state index in [0.717, 1.165) is 52.6 Å². The minimum atomic E-state index is -0.130. The highest BCUT2D eigenvalue weighted by Crippen LogP contribution is 2.25. The number of ether oxygens (including phenoxy) is 2. The zero-order valence-electron chi connectivity index (χ0n) is 19.6. The average molecular weight is 477 g/mol. The largest absolute Gasteiger partial charge is 0.497 e. The van der Waals surface area contributed by atoms with Crippen LogP contribution in [0.3, 0.4) is 0 Å². The molecule has 2 aromatic heterocycles. The first-order chi connectivity index (χ1) is 16.6. The number of benzene rings is 2. The fourth-order valence-corrected chi connectivity index (χ4v) is 5.28. The van der Waals surface area contributed by atoms with Crippen LogP contribution >= 0.6 is 11.3 Å². The molecule has 1 saturated heterocycles. The predicted molar refractivity (Wildman–Crippen MR) is 134 cm³/mol. The molecule has 0 amide bonds. The molecule has 7 nitrogen and oxygen atoms in total. The van der Waals surface area contributed by atoms with Gasteiger partial charge in [0.15, 0.2) is 10.5 Å². The molecule has 5 rings (SSSR count). The summed E-state index contributed by atoms with van der Waals surface area (Å²) in [6.07, 6.45) is 2.23. The van der Waals surface area contributed by atoms with Gasteiger partial charge in [-0.25, -0.2) is 9.67 Å². The van der Waals surface area contributed by atoms with Crippen molar-refractivity contribution in [1.29, 1.82) is 0 Å². The Labute approximate surface area is 202 Å². The van der Waals surface area contributed by atoms with E-state index in [9.17, 15) is 4.79 Å². The molecule has 0 bridgehead atoms. The zero-order chi connectivity index (χ0) is 23.7. The van der Waals surface area contributed by atoms with Crippen molar-refractivity contribution in [2.45, 2.75) is 32.4 Å². The van der Waals surface area contributed by atoms with Crippen molar-refractivity contribution in [2.75, 3.05) is 13.7 Å². The monoisotopic (exact) mass is 476 g/mol. The van der Waals surface area contributed by atoms with Gasteiger partial charge in [0, 0.05) is 19.0 Å². The van der Waals surface area contributed by atoms with E-state index in [4.69, 9.17) is 14.5 Å². The Morgan fingerprint density at radius 1 is 1.15 bits per heavy atom. The molecule has 1 aliphatic heterocycles. The average Bonchev–Trinajstić information content (AvgIpc) is 3.57. The summed E-state index contributed by atoms with van der Waals surface area (Å²) in [5, 5.41) is 2.10. The van der Waals surface area contributed by atoms with E-state index in [1.165, 1.54) is 11.3 Å². The fraction of sp³-hybridized carbons (Fsp3) is 0.308. The molecule has 0 saturated carbocycles. The molecular formula is C26H28N4O3S. The molecule has 3 heterocycles. The highest BCUT2D eigenvalue weighted by molar-refractivity contribution is 7.07. The topological polar surface area (TPSA) is 62.7 Å². The summed E-state index contributed by atoms with van der Waals surface area (Å²) >= 11 is 1.54. The molecule has 1 aliphatic rings. The molecule has 4 aromatic rings. The maximum atomic E-state index is 13.4. The van der Waals surface area contributed by atoms with Crippen molar-refractivity contribution in [3.63, 3.8) is 0 Å². The Morgan fingerprint density at radius 2 is 1.91 bits per heavy atom. The Kier molecular flexibility index (Phi) is 6.26. The zero-order valence-corrected chi connectivity index (χ0v) is 20.4. The van der Waals surface area contributed by atoms with E-state index in [1.807, 2.05) is 73.3 Å². The summed E-state index contributed by atoms with van der Waals surface area (Å²) in [5.74, 6) is 0.816. The molecule has 1 unspecified atom stereocenters. The summed E-state index contributed by atoms with van der Waals surface area (Å²) < 4.78 is 17.0. The van der Waals surface area contributed by atoms with Gasteiger partial charge >= 0.3 is 0 Å². The summed E-state index contributed by atoms with van der Waals surface area (Å²) in [7, 11) is 3.55. The Morgan fingerprint density at radius 3 is 2.59 bits per heavy atom. The van der Waals surface area contributed by atoms with Gasteiger partial charge in [-0.2, -0.15) is 0 Å². The molecule has 176 valence electrons. The van der Waals surface area contributed by atoms with Crippen LogP contribution in [0.4, 0.5) is 5.69 Å². The third-order valence-corrected chi connectivity index (χ3v) is 7.19. The predicted octanol–water partition coefficient (Wildman–Crippen LogP) is 4.43. The van der Waals surface area contributed by atoms with Crippen molar-refractivity contribution in [3.05, 3.63) is 80.8 Å². The fourth-order valence-electron chi connectivity index (χ4n) is 4.36. The number of hydrogen-bond donors (Lipinski definition) is 0. The summed E-state index contributed by atoms with van der Waals surface area (Å²) in [6, 6.07) is 17.7. The minimum Gasteiger partial charge on any atom is -0.497 e. The van der Waals surface area contributed by atoms with Gasteiger partial charge < -0.3 is 14.0 Å².